The number of rotatable bonds is 7. The summed E-state index contributed by atoms with van der Waals surface area (Å²) in [6.45, 7) is 1.59. The first-order valence-corrected chi connectivity index (χ1v) is 10.3. The number of hydrogen-bond donors (Lipinski definition) is 1. The van der Waals surface area contributed by atoms with Crippen LogP contribution in [0.4, 0.5) is 15.8 Å². The van der Waals surface area contributed by atoms with Crippen LogP contribution in [0.15, 0.2) is 47.6 Å². The predicted molar refractivity (Wildman–Crippen MR) is 111 cm³/mol. The van der Waals surface area contributed by atoms with E-state index in [2.05, 4.69) is 15.5 Å². The maximum atomic E-state index is 14.2. The molecule has 8 nitrogen and oxygen atoms in total. The van der Waals surface area contributed by atoms with Gasteiger partial charge in [-0.25, -0.2) is 4.39 Å². The van der Waals surface area contributed by atoms with Crippen molar-refractivity contribution in [1.82, 2.24) is 14.8 Å². The highest BCUT2D eigenvalue weighted by molar-refractivity contribution is 7.99. The van der Waals surface area contributed by atoms with Crippen molar-refractivity contribution >= 4 is 29.0 Å². The van der Waals surface area contributed by atoms with E-state index in [0.29, 0.717) is 27.8 Å². The fourth-order valence-electron chi connectivity index (χ4n) is 3.14. The number of anilines is 1. The average Bonchev–Trinajstić information content (AvgIpc) is 3.47. The first kappa shape index (κ1) is 20.0. The predicted octanol–water partition coefficient (Wildman–Crippen LogP) is 4.37. The van der Waals surface area contributed by atoms with E-state index in [1.165, 1.54) is 30.0 Å². The van der Waals surface area contributed by atoms with Crippen LogP contribution in [0.2, 0.25) is 0 Å². The van der Waals surface area contributed by atoms with Gasteiger partial charge in [-0.1, -0.05) is 30.0 Å². The molecule has 1 fully saturated rings. The molecule has 1 N–H and O–H groups in total. The van der Waals surface area contributed by atoms with Gasteiger partial charge in [-0.15, -0.1) is 10.2 Å². The van der Waals surface area contributed by atoms with Gasteiger partial charge in [0.1, 0.15) is 5.82 Å². The molecule has 0 aliphatic heterocycles. The molecule has 0 unspecified atom stereocenters. The summed E-state index contributed by atoms with van der Waals surface area (Å²) in [5.74, 6) is -0.193. The normalized spacial score (nSPS) is 13.3. The van der Waals surface area contributed by atoms with Gasteiger partial charge in [-0.2, -0.15) is 0 Å². The molecule has 0 radical (unpaired) electrons. The van der Waals surface area contributed by atoms with E-state index in [4.69, 9.17) is 0 Å². The molecule has 1 saturated carbocycles. The summed E-state index contributed by atoms with van der Waals surface area (Å²) in [7, 11) is 0. The van der Waals surface area contributed by atoms with Gasteiger partial charge in [-0.05, 0) is 38.0 Å². The van der Waals surface area contributed by atoms with Gasteiger partial charge in [0.25, 0.3) is 5.69 Å². The van der Waals surface area contributed by atoms with Gasteiger partial charge in [0.15, 0.2) is 11.0 Å². The maximum absolute atomic E-state index is 14.2. The molecule has 4 rings (SSSR count). The number of carbonyl (C=O) groups is 1. The molecule has 1 aliphatic rings. The highest BCUT2D eigenvalue weighted by Crippen LogP contribution is 2.41. The Hall–Kier alpha value is -3.27. The number of benzene rings is 2. The Bertz CT molecular complexity index is 1130. The van der Waals surface area contributed by atoms with Crippen molar-refractivity contribution < 1.29 is 14.1 Å². The molecule has 1 amide bonds. The van der Waals surface area contributed by atoms with Crippen LogP contribution in [-0.4, -0.2) is 31.3 Å². The Labute approximate surface area is 175 Å². The maximum Gasteiger partial charge on any atom is 0.274 e. The highest BCUT2D eigenvalue weighted by Gasteiger charge is 2.31. The molecule has 0 bridgehead atoms. The van der Waals surface area contributed by atoms with Crippen molar-refractivity contribution in [2.75, 3.05) is 11.1 Å². The zero-order valence-electron chi connectivity index (χ0n) is 16.0. The first-order valence-electron chi connectivity index (χ1n) is 9.32. The molecule has 1 aromatic heterocycles. The molecule has 1 aliphatic carbocycles. The number of nitrogens with one attached hydrogen (secondary N) is 1. The molecular formula is C20H18FN5O3S. The van der Waals surface area contributed by atoms with E-state index >= 15 is 0 Å². The van der Waals surface area contributed by atoms with Crippen LogP contribution in [-0.2, 0) is 4.79 Å². The van der Waals surface area contributed by atoms with Crippen LogP contribution < -0.4 is 5.32 Å². The summed E-state index contributed by atoms with van der Waals surface area (Å²) in [4.78, 5) is 23.0. The highest BCUT2D eigenvalue weighted by atomic mass is 32.2. The van der Waals surface area contributed by atoms with Crippen LogP contribution in [0.3, 0.4) is 0 Å². The van der Waals surface area contributed by atoms with Gasteiger partial charge in [0, 0.05) is 12.1 Å². The van der Waals surface area contributed by atoms with E-state index in [1.807, 2.05) is 4.57 Å². The largest absolute Gasteiger partial charge is 0.325 e. The minimum atomic E-state index is -0.484. The zero-order valence-corrected chi connectivity index (χ0v) is 16.9. The second-order valence-corrected chi connectivity index (χ2v) is 7.87. The van der Waals surface area contributed by atoms with Crippen molar-refractivity contribution in [2.45, 2.75) is 31.0 Å². The van der Waals surface area contributed by atoms with Crippen molar-refractivity contribution in [3.05, 3.63) is 64.0 Å². The zero-order chi connectivity index (χ0) is 21.3. The molecule has 154 valence electrons. The number of aromatic nitrogens is 3. The number of halogens is 1. The molecule has 30 heavy (non-hydrogen) atoms. The third-order valence-electron chi connectivity index (χ3n) is 4.80. The van der Waals surface area contributed by atoms with Crippen molar-refractivity contribution in [1.29, 1.82) is 0 Å². The lowest BCUT2D eigenvalue weighted by molar-refractivity contribution is -0.385. The van der Waals surface area contributed by atoms with Gasteiger partial charge in [-0.3, -0.25) is 19.5 Å². The number of nitro groups is 1. The number of nitrogens with zero attached hydrogens (tertiary/aromatic N) is 4. The van der Waals surface area contributed by atoms with E-state index < -0.39 is 4.92 Å². The summed E-state index contributed by atoms with van der Waals surface area (Å²) in [6, 6.07) is 11.1. The quantitative estimate of drug-likeness (QED) is 0.341. The summed E-state index contributed by atoms with van der Waals surface area (Å²) in [6.07, 6.45) is 1.90. The topological polar surface area (TPSA) is 103 Å². The average molecular weight is 427 g/mol. The van der Waals surface area contributed by atoms with E-state index in [1.54, 1.807) is 31.2 Å². The van der Waals surface area contributed by atoms with Gasteiger partial charge in [0.05, 0.1) is 27.5 Å². The third-order valence-corrected chi connectivity index (χ3v) is 5.74. The SMILES string of the molecule is Cc1c(NC(=O)CSc2nnc(-c3ccccc3F)n2C2CC2)cccc1[N+](=O)[O-]. The molecule has 0 spiro atoms. The Balaban J connectivity index is 1.50. The number of hydrogen-bond acceptors (Lipinski definition) is 6. The van der Waals surface area contributed by atoms with E-state index in [9.17, 15) is 19.3 Å². The Kier molecular flexibility index (Phi) is 5.49. The van der Waals surface area contributed by atoms with Gasteiger partial charge < -0.3 is 5.32 Å². The smallest absolute Gasteiger partial charge is 0.274 e. The van der Waals surface area contributed by atoms with Crippen LogP contribution >= 0.6 is 11.8 Å². The Morgan fingerprint density at radius 2 is 2.03 bits per heavy atom. The minimum absolute atomic E-state index is 0.0459. The number of nitro benzene ring substituents is 1. The second kappa shape index (κ2) is 8.23. The molecule has 0 saturated heterocycles. The molecule has 10 heteroatoms. The molecular weight excluding hydrogens is 409 g/mol. The number of thioether (sulfide) groups is 1. The van der Waals surface area contributed by atoms with Crippen LogP contribution in [0.1, 0.15) is 24.4 Å². The lowest BCUT2D eigenvalue weighted by atomic mass is 10.1. The third kappa shape index (κ3) is 4.04. The Morgan fingerprint density at radius 3 is 2.73 bits per heavy atom. The lowest BCUT2D eigenvalue weighted by Gasteiger charge is -2.10. The fraction of sp³-hybridized carbons (Fsp3) is 0.250. The van der Waals surface area contributed by atoms with Crippen LogP contribution in [0.5, 0.6) is 0 Å². The van der Waals surface area contributed by atoms with Gasteiger partial charge in [0.2, 0.25) is 5.91 Å². The van der Waals surface area contributed by atoms with Crippen LogP contribution in [0, 0.1) is 22.9 Å². The number of carbonyl (C=O) groups excluding carboxylic acids is 1. The van der Waals surface area contributed by atoms with Crippen molar-refractivity contribution in [3.8, 4) is 11.4 Å². The van der Waals surface area contributed by atoms with Crippen molar-refractivity contribution in [3.63, 3.8) is 0 Å². The van der Waals surface area contributed by atoms with E-state index in [0.717, 1.165) is 12.8 Å². The number of amides is 1. The van der Waals surface area contributed by atoms with Crippen LogP contribution in [0.25, 0.3) is 11.4 Å². The molecule has 2 aromatic carbocycles. The minimum Gasteiger partial charge on any atom is -0.325 e. The fourth-order valence-corrected chi connectivity index (χ4v) is 3.94. The summed E-state index contributed by atoms with van der Waals surface area (Å²) in [5, 5.41) is 22.6. The molecule has 1 heterocycles. The first-order chi connectivity index (χ1) is 14.5. The van der Waals surface area contributed by atoms with Crippen molar-refractivity contribution in [2.24, 2.45) is 0 Å². The van der Waals surface area contributed by atoms with Gasteiger partial charge >= 0.3 is 0 Å². The molecule has 0 atom stereocenters. The standard InChI is InChI=1S/C20H18FN5O3S/c1-12-16(7-4-8-17(12)26(28)29)22-18(27)11-30-20-24-23-19(25(20)13-9-10-13)14-5-2-3-6-15(14)21/h2-8,13H,9-11H2,1H3,(H,22,27). The summed E-state index contributed by atoms with van der Waals surface area (Å²) < 4.78 is 16.1. The lowest BCUT2D eigenvalue weighted by Crippen LogP contribution is -2.15. The molecule has 3 aromatic rings. The Morgan fingerprint density at radius 1 is 1.27 bits per heavy atom. The summed E-state index contributed by atoms with van der Waals surface area (Å²) >= 11 is 1.20. The monoisotopic (exact) mass is 427 g/mol. The second-order valence-electron chi connectivity index (χ2n) is 6.93. The summed E-state index contributed by atoms with van der Waals surface area (Å²) in [5.41, 5.74) is 1.11. The van der Waals surface area contributed by atoms with E-state index in [-0.39, 0.29) is 29.2 Å².